The van der Waals surface area contributed by atoms with Crippen LogP contribution in [0.15, 0.2) is 0 Å². The van der Waals surface area contributed by atoms with E-state index in [0.717, 1.165) is 0 Å². The molecule has 1 aliphatic heterocycles. The van der Waals surface area contributed by atoms with Crippen molar-refractivity contribution in [3.63, 3.8) is 0 Å². The maximum absolute atomic E-state index is 11.4. The molecule has 0 aromatic rings. The Kier molecular flexibility index (Phi) is 3.74. The van der Waals surface area contributed by atoms with E-state index in [-0.39, 0.29) is 25.0 Å². The molecule has 0 aliphatic carbocycles. The zero-order valence-corrected chi connectivity index (χ0v) is 7.40. The summed E-state index contributed by atoms with van der Waals surface area (Å²) in [4.78, 5) is 13.0. The van der Waals surface area contributed by atoms with Gasteiger partial charge in [0, 0.05) is 6.54 Å². The first-order valence-electron chi connectivity index (χ1n) is 4.21. The van der Waals surface area contributed by atoms with Crippen LogP contribution in [0.25, 0.3) is 0 Å². The average Bonchev–Trinajstić information content (AvgIpc) is 2.18. The summed E-state index contributed by atoms with van der Waals surface area (Å²) in [6.07, 6.45) is 5.13. The van der Waals surface area contributed by atoms with Gasteiger partial charge in [-0.25, -0.2) is 0 Å². The van der Waals surface area contributed by atoms with Gasteiger partial charge < -0.3 is 14.7 Å². The van der Waals surface area contributed by atoms with E-state index in [4.69, 9.17) is 16.3 Å². The minimum atomic E-state index is -0.227. The summed E-state index contributed by atoms with van der Waals surface area (Å²) in [5, 5.41) is 8.95. The highest BCUT2D eigenvalue weighted by molar-refractivity contribution is 5.79. The Morgan fingerprint density at radius 3 is 3.15 bits per heavy atom. The van der Waals surface area contributed by atoms with E-state index in [1.807, 2.05) is 0 Å². The molecule has 13 heavy (non-hydrogen) atoms. The molecule has 1 heterocycles. The lowest BCUT2D eigenvalue weighted by Crippen LogP contribution is -2.50. The summed E-state index contributed by atoms with van der Waals surface area (Å²) in [5.41, 5.74) is 0. The molecule has 1 atom stereocenters. The Bertz CT molecular complexity index is 221. The van der Waals surface area contributed by atoms with E-state index < -0.39 is 0 Å². The number of carbonyl (C=O) groups is 1. The topological polar surface area (TPSA) is 49.8 Å². The van der Waals surface area contributed by atoms with Crippen molar-refractivity contribution in [1.29, 1.82) is 0 Å². The molecule has 0 spiro atoms. The molecule has 1 rings (SSSR count). The van der Waals surface area contributed by atoms with E-state index in [2.05, 4.69) is 5.92 Å². The van der Waals surface area contributed by atoms with Gasteiger partial charge in [0.1, 0.15) is 0 Å². The number of morpholine rings is 1. The predicted octanol–water partition coefficient (Wildman–Crippen LogP) is -0.771. The van der Waals surface area contributed by atoms with Gasteiger partial charge in [-0.05, 0) is 0 Å². The van der Waals surface area contributed by atoms with Gasteiger partial charge in [0.2, 0.25) is 5.91 Å². The SMILES string of the molecule is C#CCC(=O)N1CCOCC1CO. The molecule has 0 radical (unpaired) electrons. The van der Waals surface area contributed by atoms with E-state index in [1.54, 1.807) is 4.90 Å². The molecule has 72 valence electrons. The van der Waals surface area contributed by atoms with Crippen LogP contribution in [0, 0.1) is 12.3 Å². The molecule has 4 heteroatoms. The van der Waals surface area contributed by atoms with Crippen LogP contribution in [0.4, 0.5) is 0 Å². The maximum Gasteiger partial charge on any atom is 0.235 e. The van der Waals surface area contributed by atoms with Gasteiger partial charge >= 0.3 is 0 Å². The summed E-state index contributed by atoms with van der Waals surface area (Å²) in [6.45, 7) is 1.36. The van der Waals surface area contributed by atoms with Crippen LogP contribution in [0.5, 0.6) is 0 Å². The highest BCUT2D eigenvalue weighted by atomic mass is 16.5. The fourth-order valence-corrected chi connectivity index (χ4v) is 1.32. The fraction of sp³-hybridized carbons (Fsp3) is 0.667. The third-order valence-corrected chi connectivity index (χ3v) is 2.01. The lowest BCUT2D eigenvalue weighted by molar-refractivity contribution is -0.140. The first-order chi connectivity index (χ1) is 6.29. The average molecular weight is 183 g/mol. The normalized spacial score (nSPS) is 22.5. The summed E-state index contributed by atoms with van der Waals surface area (Å²) < 4.78 is 5.13. The maximum atomic E-state index is 11.4. The second kappa shape index (κ2) is 4.85. The van der Waals surface area contributed by atoms with Crippen LogP contribution in [-0.4, -0.2) is 48.3 Å². The van der Waals surface area contributed by atoms with Crippen molar-refractivity contribution >= 4 is 5.91 Å². The largest absolute Gasteiger partial charge is 0.394 e. The molecule has 0 bridgehead atoms. The fourth-order valence-electron chi connectivity index (χ4n) is 1.32. The quantitative estimate of drug-likeness (QED) is 0.572. The molecule has 0 saturated carbocycles. The van der Waals surface area contributed by atoms with Gasteiger partial charge in [0.25, 0.3) is 0 Å². The number of rotatable bonds is 2. The second-order valence-electron chi connectivity index (χ2n) is 2.88. The summed E-state index contributed by atoms with van der Waals surface area (Å²) >= 11 is 0. The molecule has 1 saturated heterocycles. The van der Waals surface area contributed by atoms with Gasteiger partial charge in [0.05, 0.1) is 32.3 Å². The van der Waals surface area contributed by atoms with Crippen LogP contribution in [0.1, 0.15) is 6.42 Å². The molecule has 4 nitrogen and oxygen atoms in total. The smallest absolute Gasteiger partial charge is 0.235 e. The Balaban J connectivity index is 2.54. The van der Waals surface area contributed by atoms with Crippen LogP contribution in [0.3, 0.4) is 0 Å². The minimum Gasteiger partial charge on any atom is -0.394 e. The molecule has 0 aromatic carbocycles. The summed E-state index contributed by atoms with van der Waals surface area (Å²) in [5.74, 6) is 2.19. The van der Waals surface area contributed by atoms with Gasteiger partial charge in [-0.15, -0.1) is 6.42 Å². The van der Waals surface area contributed by atoms with E-state index in [9.17, 15) is 4.79 Å². The van der Waals surface area contributed by atoms with Crippen LogP contribution in [0.2, 0.25) is 0 Å². The molecule has 1 aliphatic rings. The first-order valence-corrected chi connectivity index (χ1v) is 4.21. The molecule has 1 amide bonds. The zero-order chi connectivity index (χ0) is 9.68. The molecule has 1 N–H and O–H groups in total. The molecular formula is C9H13NO3. The first kappa shape index (κ1) is 10.0. The number of terminal acetylenes is 1. The number of carbonyl (C=O) groups excluding carboxylic acids is 1. The number of amides is 1. The van der Waals surface area contributed by atoms with Gasteiger partial charge in [-0.2, -0.15) is 0 Å². The van der Waals surface area contributed by atoms with Crippen LogP contribution < -0.4 is 0 Å². The Morgan fingerprint density at radius 2 is 2.54 bits per heavy atom. The van der Waals surface area contributed by atoms with Crippen LogP contribution >= 0.6 is 0 Å². The third kappa shape index (κ3) is 2.44. The van der Waals surface area contributed by atoms with Crippen molar-refractivity contribution in [2.24, 2.45) is 0 Å². The summed E-state index contributed by atoms with van der Waals surface area (Å²) in [7, 11) is 0. The van der Waals surface area contributed by atoms with Crippen LogP contribution in [-0.2, 0) is 9.53 Å². The number of ether oxygens (including phenoxy) is 1. The minimum absolute atomic E-state index is 0.0731. The number of aliphatic hydroxyl groups excluding tert-OH is 1. The van der Waals surface area contributed by atoms with Crippen molar-refractivity contribution in [2.75, 3.05) is 26.4 Å². The van der Waals surface area contributed by atoms with Crippen molar-refractivity contribution in [2.45, 2.75) is 12.5 Å². The third-order valence-electron chi connectivity index (χ3n) is 2.01. The van der Waals surface area contributed by atoms with Gasteiger partial charge in [-0.3, -0.25) is 4.79 Å². The molecule has 0 aromatic heterocycles. The second-order valence-corrected chi connectivity index (χ2v) is 2.88. The Hall–Kier alpha value is -1.05. The summed E-state index contributed by atoms with van der Waals surface area (Å²) in [6, 6.07) is -0.227. The van der Waals surface area contributed by atoms with Crippen molar-refractivity contribution in [3.05, 3.63) is 0 Å². The molecular weight excluding hydrogens is 170 g/mol. The Labute approximate surface area is 77.5 Å². The number of nitrogens with zero attached hydrogens (tertiary/aromatic N) is 1. The standard InChI is InChI=1S/C9H13NO3/c1-2-3-9(12)10-4-5-13-7-8(10)6-11/h1,8,11H,3-7H2. The number of hydrogen-bond donors (Lipinski definition) is 1. The Morgan fingerprint density at radius 1 is 1.77 bits per heavy atom. The lowest BCUT2D eigenvalue weighted by atomic mass is 10.2. The van der Waals surface area contributed by atoms with E-state index >= 15 is 0 Å². The van der Waals surface area contributed by atoms with Gasteiger partial charge in [-0.1, -0.05) is 5.92 Å². The van der Waals surface area contributed by atoms with Crippen molar-refractivity contribution < 1.29 is 14.6 Å². The molecule has 1 unspecified atom stereocenters. The van der Waals surface area contributed by atoms with Crippen molar-refractivity contribution in [3.8, 4) is 12.3 Å². The highest BCUT2D eigenvalue weighted by Gasteiger charge is 2.25. The number of aliphatic hydroxyl groups is 1. The highest BCUT2D eigenvalue weighted by Crippen LogP contribution is 2.07. The predicted molar refractivity (Wildman–Crippen MR) is 46.9 cm³/mol. The number of hydrogen-bond acceptors (Lipinski definition) is 3. The zero-order valence-electron chi connectivity index (χ0n) is 7.40. The lowest BCUT2D eigenvalue weighted by Gasteiger charge is -2.34. The van der Waals surface area contributed by atoms with E-state index in [1.165, 1.54) is 0 Å². The van der Waals surface area contributed by atoms with Gasteiger partial charge in [0.15, 0.2) is 0 Å². The monoisotopic (exact) mass is 183 g/mol. The molecule has 1 fully saturated rings. The van der Waals surface area contributed by atoms with E-state index in [0.29, 0.717) is 19.8 Å². The van der Waals surface area contributed by atoms with Crippen molar-refractivity contribution in [1.82, 2.24) is 4.90 Å².